The van der Waals surface area contributed by atoms with Crippen LogP contribution in [0, 0.1) is 35.5 Å². The van der Waals surface area contributed by atoms with E-state index in [-0.39, 0.29) is 268 Å². The second-order valence-electron chi connectivity index (χ2n) is 20.8. The van der Waals surface area contributed by atoms with Gasteiger partial charge in [-0.15, -0.1) is 0 Å². The SMILES string of the molecule is CCC(=O)COCCOCC(COCCONC(=O)NN)COCC(COCCONC(=O)NN)COCC(COCCONC(=O)NN)COCC(COCCONC(=O)NN)COCC(COCCONC(=O)NN)COCC(COCCOCC(=O)CN)COCCONC(=O)NN. The molecule has 48 heteroatoms. The third-order valence-electron chi connectivity index (χ3n) is 12.0. The minimum absolute atomic E-state index is 0.00650. The summed E-state index contributed by atoms with van der Waals surface area (Å²) in [6.07, 6.45) is 0.343. The third kappa shape index (κ3) is 63.3. The Morgan fingerprint density at radius 3 is 0.564 bits per heavy atom. The monoisotopic (exact) mass is 1480 g/mol. The van der Waals surface area contributed by atoms with Crippen LogP contribution in [0.15, 0.2) is 0 Å². The molecule has 0 aliphatic rings. The molecule has 592 valence electrons. The normalized spacial score (nSPS) is 13.0. The van der Waals surface area contributed by atoms with E-state index < -0.39 is 59.9 Å². The topological polar surface area (TPSA) is 657 Å². The van der Waals surface area contributed by atoms with Gasteiger partial charge >= 0.3 is 36.2 Å². The Hall–Kier alpha value is -6.16. The summed E-state index contributed by atoms with van der Waals surface area (Å²) in [7, 11) is 0. The first kappa shape index (κ1) is 94.8. The fourth-order valence-electron chi connectivity index (χ4n) is 7.12. The first-order valence-corrected chi connectivity index (χ1v) is 31.9. The number of Topliss-reactive ketones (excluding diaryl/α,β-unsaturated/α-hetero) is 2. The standard InChI is InChI=1S/C53H111N19O29/c1-2-46(73)38-89-5-3-81-20-40(22-83-7-13-96-67-48(75)61-55)28-91-30-42(24-85-9-15-98-69-50(77)63-57)32-93-34-44(26-87-11-17-100-71-52(79)65-59)36-95-37-45(27-88-12-18-101-72-53(80)66-60)35-94-33-43(25-86-10-16-99-70-51(78)64-58)31-92-29-41(21-82-4-6-90-39-47(74)19-54)23-84-8-14-97-68-49(76)62-56/h40-45H,2-39,54-60H2,1H3,(H2,61,67,75)(H2,62,68,76)(H2,63,69,77)(H2,64,70,78)(H2,65,71,79)(H2,66,72,80). The van der Waals surface area contributed by atoms with Crippen molar-refractivity contribution in [1.29, 1.82) is 0 Å². The van der Waals surface area contributed by atoms with Crippen molar-refractivity contribution >= 4 is 47.8 Å². The zero-order valence-corrected chi connectivity index (χ0v) is 57.2. The summed E-state index contributed by atoms with van der Waals surface area (Å²) in [6, 6.07) is -4.64. The van der Waals surface area contributed by atoms with Gasteiger partial charge in [0, 0.05) is 41.9 Å². The maximum Gasteiger partial charge on any atom is 0.352 e. The summed E-state index contributed by atoms with van der Waals surface area (Å²) in [4.78, 5) is 122. The van der Waals surface area contributed by atoms with Crippen molar-refractivity contribution in [3.05, 3.63) is 0 Å². The van der Waals surface area contributed by atoms with Crippen molar-refractivity contribution < 1.29 is 138 Å². The average Bonchev–Trinajstić information content (AvgIpc) is 1.39. The molecule has 0 bridgehead atoms. The lowest BCUT2D eigenvalue weighted by Crippen LogP contribution is -2.40. The maximum absolute atomic E-state index is 11.7. The zero-order chi connectivity index (χ0) is 74.3. The van der Waals surface area contributed by atoms with Gasteiger partial charge in [-0.05, 0) is 0 Å². The first-order valence-electron chi connectivity index (χ1n) is 31.9. The zero-order valence-electron chi connectivity index (χ0n) is 57.2. The Bertz CT molecular complexity index is 1870. The number of ether oxygens (including phenoxy) is 15. The second-order valence-corrected chi connectivity index (χ2v) is 20.8. The minimum atomic E-state index is -0.786. The fraction of sp³-hybridized carbons (Fsp3) is 0.849. The van der Waals surface area contributed by atoms with Gasteiger partial charge in [0.2, 0.25) is 0 Å². The summed E-state index contributed by atoms with van der Waals surface area (Å²) >= 11 is 0. The Morgan fingerprint density at radius 1 is 0.238 bits per heavy atom. The number of carbonyl (C=O) groups excluding carboxylic acids is 8. The molecule has 0 fully saturated rings. The molecule has 0 heterocycles. The summed E-state index contributed by atoms with van der Waals surface area (Å²) < 4.78 is 88.8. The smallest absolute Gasteiger partial charge is 0.352 e. The number of hydrazine groups is 6. The summed E-state index contributed by atoms with van der Waals surface area (Å²) in [5.74, 6) is 27.9. The summed E-state index contributed by atoms with van der Waals surface area (Å²) in [5.41, 5.74) is 29.1. The number of carbonyl (C=O) groups is 8. The van der Waals surface area contributed by atoms with E-state index in [4.69, 9.17) is 141 Å². The van der Waals surface area contributed by atoms with E-state index in [2.05, 4.69) is 32.9 Å². The molecule has 0 aromatic carbocycles. The summed E-state index contributed by atoms with van der Waals surface area (Å²) in [6.45, 7) is 3.88. The molecule has 0 aromatic rings. The molecule has 0 aliphatic carbocycles. The van der Waals surface area contributed by atoms with Crippen LogP contribution >= 0.6 is 0 Å². The highest BCUT2D eigenvalue weighted by Crippen LogP contribution is 2.12. The highest BCUT2D eigenvalue weighted by Gasteiger charge is 2.21. The fourth-order valence-corrected chi connectivity index (χ4v) is 7.12. The van der Waals surface area contributed by atoms with Crippen molar-refractivity contribution in [2.45, 2.75) is 13.3 Å². The van der Waals surface area contributed by atoms with Crippen LogP contribution in [0.1, 0.15) is 13.3 Å². The quantitative estimate of drug-likeness (QED) is 0.0116. The number of nitrogens with one attached hydrogen (secondary N) is 12. The lowest BCUT2D eigenvalue weighted by molar-refractivity contribution is -0.124. The number of amides is 12. The predicted octanol–water partition coefficient (Wildman–Crippen LogP) is -7.93. The van der Waals surface area contributed by atoms with Crippen molar-refractivity contribution in [3.8, 4) is 0 Å². The van der Waals surface area contributed by atoms with Crippen LogP contribution in [0.25, 0.3) is 0 Å². The van der Waals surface area contributed by atoms with Gasteiger partial charge in [0.05, 0.1) is 231 Å². The lowest BCUT2D eigenvalue weighted by atomic mass is 10.1. The molecule has 12 amide bonds. The third-order valence-corrected chi connectivity index (χ3v) is 12.0. The molecule has 6 unspecified atom stereocenters. The number of nitrogens with two attached hydrogens (primary N) is 7. The van der Waals surface area contributed by atoms with Crippen LogP contribution in [-0.2, 0) is 110 Å². The van der Waals surface area contributed by atoms with E-state index in [1.165, 1.54) is 0 Å². The lowest BCUT2D eigenvalue weighted by Gasteiger charge is -2.24. The van der Waals surface area contributed by atoms with Crippen LogP contribution in [0.2, 0.25) is 0 Å². The largest absolute Gasteiger partial charge is 0.381 e. The molecule has 101 heavy (non-hydrogen) atoms. The molecule has 0 rings (SSSR count). The highest BCUT2D eigenvalue weighted by atomic mass is 16.7. The van der Waals surface area contributed by atoms with Crippen LogP contribution in [0.5, 0.6) is 0 Å². The molecule has 6 atom stereocenters. The molecule has 0 spiro atoms. The number of hydroxylamine groups is 6. The van der Waals surface area contributed by atoms with Crippen LogP contribution in [0.4, 0.5) is 28.8 Å². The molecule has 0 radical (unpaired) electrons. The van der Waals surface area contributed by atoms with Gasteiger partial charge in [-0.2, -0.15) is 0 Å². The molecule has 26 N–H and O–H groups in total. The van der Waals surface area contributed by atoms with E-state index in [0.717, 1.165) is 0 Å². The van der Waals surface area contributed by atoms with Crippen molar-refractivity contribution in [2.75, 3.05) is 244 Å². The predicted molar refractivity (Wildman–Crippen MR) is 343 cm³/mol. The van der Waals surface area contributed by atoms with Crippen LogP contribution in [-0.4, -0.2) is 292 Å². The van der Waals surface area contributed by atoms with E-state index in [9.17, 15) is 38.4 Å². The molecule has 0 saturated carbocycles. The number of urea groups is 6. The van der Waals surface area contributed by atoms with Crippen LogP contribution < -0.4 is 106 Å². The molecule has 0 saturated heterocycles. The van der Waals surface area contributed by atoms with Crippen molar-refractivity contribution in [1.82, 2.24) is 65.4 Å². The van der Waals surface area contributed by atoms with E-state index >= 15 is 0 Å². The van der Waals surface area contributed by atoms with Gasteiger partial charge in [-0.25, -0.2) is 96.7 Å². The van der Waals surface area contributed by atoms with E-state index in [1.54, 1.807) is 6.92 Å². The van der Waals surface area contributed by atoms with Gasteiger partial charge in [-0.3, -0.25) is 71.2 Å². The van der Waals surface area contributed by atoms with Crippen LogP contribution in [0.3, 0.4) is 0 Å². The van der Waals surface area contributed by atoms with E-state index in [0.29, 0.717) is 6.42 Å². The molecule has 0 aliphatic heterocycles. The van der Waals surface area contributed by atoms with Gasteiger partial charge in [-0.1, -0.05) is 6.92 Å². The van der Waals surface area contributed by atoms with Gasteiger partial charge in [0.25, 0.3) is 0 Å². The minimum Gasteiger partial charge on any atom is -0.381 e. The van der Waals surface area contributed by atoms with Gasteiger partial charge in [0.15, 0.2) is 11.6 Å². The number of ketones is 2. The number of hydrogen-bond donors (Lipinski definition) is 19. The first-order chi connectivity index (χ1) is 49.2. The molecular weight excluding hydrogens is 1370 g/mol. The number of rotatable bonds is 72. The second kappa shape index (κ2) is 70.9. The Labute approximate surface area is 584 Å². The van der Waals surface area contributed by atoms with Crippen molar-refractivity contribution in [2.24, 2.45) is 76.3 Å². The number of hydrogen-bond acceptors (Lipinski definition) is 36. The molecule has 48 nitrogen and oxygen atoms in total. The van der Waals surface area contributed by atoms with Gasteiger partial charge < -0.3 is 76.8 Å². The molecular formula is C53H111N19O29. The average molecular weight is 1480 g/mol. The maximum atomic E-state index is 11.7. The van der Waals surface area contributed by atoms with E-state index in [1.807, 2.05) is 32.6 Å². The van der Waals surface area contributed by atoms with Crippen molar-refractivity contribution in [3.63, 3.8) is 0 Å². The molecule has 0 aromatic heterocycles. The van der Waals surface area contributed by atoms with Gasteiger partial charge in [0.1, 0.15) is 13.2 Å². The Balaban J connectivity index is 6.51. The Kier molecular flexibility index (Phi) is 66.5. The Morgan fingerprint density at radius 2 is 0.396 bits per heavy atom. The summed E-state index contributed by atoms with van der Waals surface area (Å²) in [5, 5.41) is 0. The highest BCUT2D eigenvalue weighted by molar-refractivity contribution is 5.81.